The molecule has 6 heterocycles. The summed E-state index contributed by atoms with van der Waals surface area (Å²) >= 11 is 0. The quantitative estimate of drug-likeness (QED) is 0.620. The van der Waals surface area contributed by atoms with Crippen LogP contribution in [0.5, 0.6) is 0 Å². The minimum Gasteiger partial charge on any atom is -0.497 e. The van der Waals surface area contributed by atoms with Gasteiger partial charge in [0, 0.05) is 48.1 Å². The Morgan fingerprint density at radius 1 is 1.21 bits per heavy atom. The molecule has 0 radical (unpaired) electrons. The molecule has 0 spiro atoms. The molecule has 0 aromatic carbocycles. The molecule has 8 aliphatic rings. The van der Waals surface area contributed by atoms with Crippen molar-refractivity contribution in [1.29, 1.82) is 0 Å². The zero-order chi connectivity index (χ0) is 22.4. The van der Waals surface area contributed by atoms with E-state index in [1.165, 1.54) is 63.1 Å². The number of fused-ring (bicyclic) bond motifs is 4. The molecule has 8 rings (SSSR count). The number of aliphatic imine (C=N–C) groups is 1. The van der Waals surface area contributed by atoms with E-state index in [4.69, 9.17) is 9.73 Å². The predicted octanol–water partition coefficient (Wildman–Crippen LogP) is 3.90. The number of nitrogens with one attached hydrogen (secondary N) is 2. The first-order chi connectivity index (χ1) is 16.1. The highest BCUT2D eigenvalue weighted by molar-refractivity contribution is 7.97. The third-order valence-corrected chi connectivity index (χ3v) is 10.0. The summed E-state index contributed by atoms with van der Waals surface area (Å²) in [5, 5.41) is 11.9. The molecule has 0 aromatic rings. The molecule has 6 aliphatic heterocycles. The lowest BCUT2D eigenvalue weighted by molar-refractivity contribution is 0.000764. The van der Waals surface area contributed by atoms with Gasteiger partial charge in [-0.2, -0.15) is 0 Å². The molecule has 2 aliphatic carbocycles. The number of rotatable bonds is 3. The maximum atomic E-state index is 5.68. The van der Waals surface area contributed by atoms with Crippen LogP contribution < -0.4 is 10.6 Å². The lowest BCUT2D eigenvalue weighted by Crippen LogP contribution is -2.65. The summed E-state index contributed by atoms with van der Waals surface area (Å²) in [4.78, 5) is 7.58. The molecule has 6 unspecified atom stereocenters. The molecule has 7 atom stereocenters. The highest BCUT2D eigenvalue weighted by atomic mass is 32.1. The van der Waals surface area contributed by atoms with Crippen LogP contribution in [-0.2, 0) is 4.74 Å². The zero-order valence-corrected chi connectivity index (χ0v) is 20.8. The van der Waals surface area contributed by atoms with Gasteiger partial charge in [0.25, 0.3) is 0 Å². The second-order valence-electron chi connectivity index (χ2n) is 11.0. The second kappa shape index (κ2) is 8.95. The number of methoxy groups -OCH3 is 1. The molecule has 4 bridgehead atoms. The molecule has 5 nitrogen and oxygen atoms in total. The van der Waals surface area contributed by atoms with E-state index in [-0.39, 0.29) is 5.41 Å². The van der Waals surface area contributed by atoms with Crippen molar-refractivity contribution in [3.05, 3.63) is 36.3 Å². The van der Waals surface area contributed by atoms with Crippen LogP contribution in [0.4, 0.5) is 0 Å². The summed E-state index contributed by atoms with van der Waals surface area (Å²) in [6, 6.07) is 1.48. The van der Waals surface area contributed by atoms with Crippen LogP contribution in [0, 0.1) is 23.2 Å². The summed E-state index contributed by atoms with van der Waals surface area (Å²) in [7, 11) is 3.71. The Bertz CT molecular complexity index is 971. The number of ether oxygens (including phenoxy) is 1. The van der Waals surface area contributed by atoms with Crippen molar-refractivity contribution >= 4 is 27.1 Å². The first-order valence-electron chi connectivity index (χ1n) is 13.0. The van der Waals surface area contributed by atoms with Crippen molar-refractivity contribution in [2.75, 3.05) is 20.2 Å². The van der Waals surface area contributed by atoms with Crippen molar-refractivity contribution in [2.24, 2.45) is 28.2 Å². The van der Waals surface area contributed by atoms with Crippen LogP contribution in [0.15, 0.2) is 41.3 Å². The Kier molecular flexibility index (Phi) is 5.98. The Balaban J connectivity index is 1.37. The van der Waals surface area contributed by atoms with Gasteiger partial charge in [-0.3, -0.25) is 20.5 Å². The molecule has 33 heavy (non-hydrogen) atoms. The molecule has 0 aromatic heterocycles. The van der Waals surface area contributed by atoms with E-state index >= 15 is 0 Å². The van der Waals surface area contributed by atoms with Gasteiger partial charge in [0.2, 0.25) is 0 Å². The monoisotopic (exact) mass is 466 g/mol. The van der Waals surface area contributed by atoms with Crippen LogP contribution in [0.1, 0.15) is 51.9 Å². The van der Waals surface area contributed by atoms with E-state index in [0.717, 1.165) is 17.4 Å². The van der Waals surface area contributed by atoms with Gasteiger partial charge in [0.1, 0.15) is 10.9 Å². The van der Waals surface area contributed by atoms with E-state index in [9.17, 15) is 0 Å². The fourth-order valence-corrected chi connectivity index (χ4v) is 8.21. The zero-order valence-electron chi connectivity index (χ0n) is 20.0. The summed E-state index contributed by atoms with van der Waals surface area (Å²) in [6.45, 7) is 4.80. The van der Waals surface area contributed by atoms with E-state index in [1.54, 1.807) is 7.11 Å². The molecule has 178 valence electrons. The van der Waals surface area contributed by atoms with Crippen molar-refractivity contribution in [1.82, 2.24) is 15.5 Å². The molecule has 4 fully saturated rings. The number of allylic oxidation sites excluding steroid dienone is 3. The van der Waals surface area contributed by atoms with E-state index in [0.29, 0.717) is 30.0 Å². The van der Waals surface area contributed by atoms with Crippen molar-refractivity contribution in [3.63, 3.8) is 0 Å². The highest BCUT2D eigenvalue weighted by Crippen LogP contribution is 2.45. The Morgan fingerprint density at radius 2 is 2.09 bits per heavy atom. The normalized spacial score (nSPS) is 42.3. The number of hydrogen-bond acceptors (Lipinski definition) is 5. The molecule has 2 N–H and O–H groups in total. The first kappa shape index (κ1) is 22.0. The third kappa shape index (κ3) is 4.03. The molecule has 6 heteroatoms. The molecular weight excluding hydrogens is 428 g/mol. The average Bonchev–Trinajstić information content (AvgIpc) is 2.95. The highest BCUT2D eigenvalue weighted by Gasteiger charge is 2.50. The van der Waals surface area contributed by atoms with Gasteiger partial charge in [-0.25, -0.2) is 0 Å². The van der Waals surface area contributed by atoms with E-state index in [2.05, 4.69) is 52.1 Å². The molecule has 0 amide bonds. The maximum Gasteiger partial charge on any atom is 0.115 e. The van der Waals surface area contributed by atoms with Crippen LogP contribution >= 0.6 is 10.9 Å². The Hall–Kier alpha value is -1.47. The first-order valence-corrected chi connectivity index (χ1v) is 13.9. The largest absolute Gasteiger partial charge is 0.497 e. The van der Waals surface area contributed by atoms with Gasteiger partial charge < -0.3 is 4.74 Å². The third-order valence-electron chi connectivity index (χ3n) is 9.09. The van der Waals surface area contributed by atoms with E-state index < -0.39 is 0 Å². The number of hydrogen-bond donors (Lipinski definition) is 2. The maximum absolute atomic E-state index is 5.68. The summed E-state index contributed by atoms with van der Waals surface area (Å²) < 4.78 is 5.68. The minimum atomic E-state index is -0.178. The summed E-state index contributed by atoms with van der Waals surface area (Å²) in [5.74, 6) is 2.77. The van der Waals surface area contributed by atoms with Crippen LogP contribution in [-0.4, -0.2) is 59.4 Å². The fourth-order valence-electron chi connectivity index (χ4n) is 7.15. The summed E-state index contributed by atoms with van der Waals surface area (Å²) in [5.41, 5.74) is 0.967. The van der Waals surface area contributed by atoms with E-state index in [1.807, 2.05) is 17.1 Å². The van der Waals surface area contributed by atoms with Gasteiger partial charge in [-0.1, -0.05) is 25.3 Å². The second-order valence-corrected chi connectivity index (χ2v) is 11.9. The van der Waals surface area contributed by atoms with Crippen LogP contribution in [0.3, 0.4) is 0 Å². The molecule has 3 saturated heterocycles. The van der Waals surface area contributed by atoms with Gasteiger partial charge in [-0.05, 0) is 68.7 Å². The standard InChI is InChI=1S/C27H38N4OS/c1-27-15-21(32-2)8-9-24(27)28-12-10-22(27)25-23-14-18-11-13-31(23)16-19(18)17-33-26(30-25)29-20-6-4-3-5-7-20/h8-10,12,15,17-20,22-23,25,29-30H,3-7,11,13-14,16H2,1-2H3/t18?,19?,22?,23?,25-,27?/m1/s1. The van der Waals surface area contributed by atoms with Gasteiger partial charge in [0.15, 0.2) is 0 Å². The van der Waals surface area contributed by atoms with Crippen molar-refractivity contribution in [2.45, 2.75) is 70.0 Å². The van der Waals surface area contributed by atoms with Gasteiger partial charge in [-0.15, -0.1) is 10.9 Å². The van der Waals surface area contributed by atoms with Crippen LogP contribution in [0.2, 0.25) is 0 Å². The van der Waals surface area contributed by atoms with Gasteiger partial charge in [0.05, 0.1) is 12.8 Å². The lowest BCUT2D eigenvalue weighted by atomic mass is 9.63. The molecular formula is C27H38N4OS. The van der Waals surface area contributed by atoms with Crippen LogP contribution in [0.25, 0.3) is 0 Å². The smallest absolute Gasteiger partial charge is 0.115 e. The SMILES string of the molecule is COC1=CC2(C)C(=NC=CC2[C@H]2NC(NC3CCCCC3)=S=CC3CN4CCC3CC24)C=C1. The minimum absolute atomic E-state index is 0.178. The average molecular weight is 467 g/mol. The molecule has 1 saturated carbocycles. The Morgan fingerprint density at radius 3 is 2.88 bits per heavy atom. The van der Waals surface area contributed by atoms with Crippen molar-refractivity contribution < 1.29 is 4.74 Å². The predicted molar refractivity (Wildman–Crippen MR) is 140 cm³/mol. The van der Waals surface area contributed by atoms with Gasteiger partial charge >= 0.3 is 0 Å². The Labute approximate surface area is 202 Å². The number of piperidine rings is 3. The summed E-state index contributed by atoms with van der Waals surface area (Å²) in [6.07, 6.45) is 20.2. The fraction of sp³-hybridized carbons (Fsp3) is 0.667. The number of nitrogens with zero attached hydrogens (tertiary/aromatic N) is 2. The topological polar surface area (TPSA) is 48.9 Å². The lowest BCUT2D eigenvalue weighted by Gasteiger charge is -2.54. The van der Waals surface area contributed by atoms with Crippen molar-refractivity contribution in [3.8, 4) is 0 Å².